The van der Waals surface area contributed by atoms with E-state index in [9.17, 15) is 14.7 Å². The highest BCUT2D eigenvalue weighted by atomic mass is 16.5. The Balaban J connectivity index is 1.75. The monoisotopic (exact) mass is 344 g/mol. The number of carbonyl (C=O) groups excluding carboxylic acids is 2. The van der Waals surface area contributed by atoms with Crippen LogP contribution in [0.15, 0.2) is 36.5 Å². The number of methoxy groups -OCH3 is 1. The maximum Gasteiger partial charge on any atom is 0.254 e. The van der Waals surface area contributed by atoms with Gasteiger partial charge in [-0.1, -0.05) is 6.07 Å². The average molecular weight is 344 g/mol. The fourth-order valence-electron chi connectivity index (χ4n) is 2.93. The molecule has 1 aromatic carbocycles. The Morgan fingerprint density at radius 1 is 1.40 bits per heavy atom. The third kappa shape index (κ3) is 3.80. The van der Waals surface area contributed by atoms with Crippen LogP contribution in [-0.4, -0.2) is 58.4 Å². The summed E-state index contributed by atoms with van der Waals surface area (Å²) in [5.41, 5.74) is 1.32. The minimum Gasteiger partial charge on any atom is -0.508 e. The van der Waals surface area contributed by atoms with Crippen LogP contribution in [0, 0.1) is 0 Å². The van der Waals surface area contributed by atoms with Crippen LogP contribution < -0.4 is 5.32 Å². The first-order valence-corrected chi connectivity index (χ1v) is 7.95. The molecule has 2 N–H and O–H groups in total. The zero-order valence-corrected chi connectivity index (χ0v) is 13.9. The zero-order valence-electron chi connectivity index (χ0n) is 13.9. The molecule has 25 heavy (non-hydrogen) atoms. The SMILES string of the molecule is COCC(=O)NC[C@H]1CN(C(=O)c2cccc(O)c2)Cc2ccnn21. The van der Waals surface area contributed by atoms with Crippen LogP contribution in [0.2, 0.25) is 0 Å². The van der Waals surface area contributed by atoms with E-state index in [1.807, 2.05) is 10.7 Å². The molecule has 8 heteroatoms. The first kappa shape index (κ1) is 17.0. The van der Waals surface area contributed by atoms with Crippen LogP contribution in [0.1, 0.15) is 22.1 Å². The molecule has 8 nitrogen and oxygen atoms in total. The lowest BCUT2D eigenvalue weighted by Gasteiger charge is -2.34. The molecular formula is C17H20N4O4. The smallest absolute Gasteiger partial charge is 0.254 e. The summed E-state index contributed by atoms with van der Waals surface area (Å²) in [7, 11) is 1.46. The van der Waals surface area contributed by atoms with E-state index in [4.69, 9.17) is 4.74 Å². The molecule has 0 radical (unpaired) electrons. The van der Waals surface area contributed by atoms with Gasteiger partial charge in [0.2, 0.25) is 5.91 Å². The molecule has 132 valence electrons. The number of carbonyl (C=O) groups is 2. The van der Waals surface area contributed by atoms with Crippen molar-refractivity contribution in [2.45, 2.75) is 12.6 Å². The maximum absolute atomic E-state index is 12.7. The fourth-order valence-corrected chi connectivity index (χ4v) is 2.93. The van der Waals surface area contributed by atoms with E-state index in [2.05, 4.69) is 10.4 Å². The summed E-state index contributed by atoms with van der Waals surface area (Å²) in [4.78, 5) is 26.1. The number of phenols is 1. The lowest BCUT2D eigenvalue weighted by Crippen LogP contribution is -2.45. The molecule has 1 atom stereocenters. The fraction of sp³-hybridized carbons (Fsp3) is 0.353. The van der Waals surface area contributed by atoms with Crippen molar-refractivity contribution in [3.8, 4) is 5.75 Å². The van der Waals surface area contributed by atoms with Crippen LogP contribution in [0.4, 0.5) is 0 Å². The molecule has 0 fully saturated rings. The Hall–Kier alpha value is -2.87. The van der Waals surface area contributed by atoms with E-state index in [1.165, 1.54) is 19.2 Å². The number of nitrogens with zero attached hydrogens (tertiary/aromatic N) is 3. The Morgan fingerprint density at radius 3 is 3.00 bits per heavy atom. The van der Waals surface area contributed by atoms with E-state index in [-0.39, 0.29) is 30.2 Å². The highest BCUT2D eigenvalue weighted by Gasteiger charge is 2.29. The molecule has 2 heterocycles. The summed E-state index contributed by atoms with van der Waals surface area (Å²) in [5.74, 6) is -0.333. The molecular weight excluding hydrogens is 324 g/mol. The lowest BCUT2D eigenvalue weighted by molar-refractivity contribution is -0.124. The molecule has 2 amide bonds. The molecule has 2 aromatic rings. The second-order valence-electron chi connectivity index (χ2n) is 5.89. The summed E-state index contributed by atoms with van der Waals surface area (Å²) in [6.45, 7) is 1.18. The van der Waals surface area contributed by atoms with Gasteiger partial charge in [0.05, 0.1) is 18.3 Å². The van der Waals surface area contributed by atoms with Crippen molar-refractivity contribution in [3.63, 3.8) is 0 Å². The standard InChI is InChI=1S/C17H20N4O4/c1-25-11-16(23)18-8-14-10-20(9-13-5-6-19-21(13)14)17(24)12-3-2-4-15(22)7-12/h2-7,14,22H,8-11H2,1H3,(H,18,23)/t14-/m0/s1. The van der Waals surface area contributed by atoms with Crippen LogP contribution >= 0.6 is 0 Å². The summed E-state index contributed by atoms with van der Waals surface area (Å²) >= 11 is 0. The molecule has 0 saturated carbocycles. The molecule has 0 bridgehead atoms. The van der Waals surface area contributed by atoms with Gasteiger partial charge >= 0.3 is 0 Å². The number of ether oxygens (including phenoxy) is 1. The van der Waals surface area contributed by atoms with Crippen LogP contribution in [0.5, 0.6) is 5.75 Å². The Kier molecular flexibility index (Phi) is 4.99. The van der Waals surface area contributed by atoms with Gasteiger partial charge in [0.1, 0.15) is 12.4 Å². The van der Waals surface area contributed by atoms with Gasteiger partial charge in [0, 0.05) is 32.0 Å². The number of aromatic nitrogens is 2. The third-order valence-electron chi connectivity index (χ3n) is 4.07. The average Bonchev–Trinajstić information content (AvgIpc) is 3.08. The normalized spacial score (nSPS) is 16.4. The van der Waals surface area contributed by atoms with Gasteiger partial charge < -0.3 is 20.1 Å². The minimum atomic E-state index is -0.215. The Morgan fingerprint density at radius 2 is 2.24 bits per heavy atom. The number of fused-ring (bicyclic) bond motifs is 1. The van der Waals surface area contributed by atoms with E-state index in [1.54, 1.807) is 23.2 Å². The Bertz CT molecular complexity index is 774. The number of rotatable bonds is 5. The Labute approximate surface area is 145 Å². The van der Waals surface area contributed by atoms with Crippen molar-refractivity contribution in [1.29, 1.82) is 0 Å². The van der Waals surface area contributed by atoms with E-state index in [0.717, 1.165) is 5.69 Å². The van der Waals surface area contributed by atoms with Gasteiger partial charge in [-0.15, -0.1) is 0 Å². The van der Waals surface area contributed by atoms with E-state index in [0.29, 0.717) is 25.2 Å². The quantitative estimate of drug-likeness (QED) is 0.826. The summed E-state index contributed by atoms with van der Waals surface area (Å²) in [6, 6.07) is 7.97. The topological polar surface area (TPSA) is 96.7 Å². The largest absolute Gasteiger partial charge is 0.508 e. The molecule has 0 aliphatic carbocycles. The second kappa shape index (κ2) is 7.35. The predicted molar refractivity (Wildman–Crippen MR) is 89.0 cm³/mol. The number of aromatic hydroxyl groups is 1. The molecule has 0 unspecified atom stereocenters. The van der Waals surface area contributed by atoms with Gasteiger partial charge in [-0.2, -0.15) is 5.10 Å². The first-order valence-electron chi connectivity index (χ1n) is 7.95. The number of hydrogen-bond donors (Lipinski definition) is 2. The van der Waals surface area contributed by atoms with Gasteiger partial charge in [0.25, 0.3) is 5.91 Å². The highest BCUT2D eigenvalue weighted by molar-refractivity contribution is 5.94. The number of phenolic OH excluding ortho intramolecular Hbond substituents is 1. The third-order valence-corrected chi connectivity index (χ3v) is 4.07. The summed E-state index contributed by atoms with van der Waals surface area (Å²) in [6.07, 6.45) is 1.68. The van der Waals surface area contributed by atoms with Crippen molar-refractivity contribution < 1.29 is 19.4 Å². The summed E-state index contributed by atoms with van der Waals surface area (Å²) < 4.78 is 6.64. The number of amides is 2. The molecule has 0 saturated heterocycles. The van der Waals surface area contributed by atoms with Gasteiger partial charge in [0.15, 0.2) is 0 Å². The number of benzene rings is 1. The van der Waals surface area contributed by atoms with Crippen molar-refractivity contribution in [1.82, 2.24) is 20.0 Å². The van der Waals surface area contributed by atoms with E-state index >= 15 is 0 Å². The van der Waals surface area contributed by atoms with Gasteiger partial charge in [-0.05, 0) is 24.3 Å². The molecule has 3 rings (SSSR count). The van der Waals surface area contributed by atoms with Crippen molar-refractivity contribution in [2.75, 3.05) is 26.8 Å². The van der Waals surface area contributed by atoms with Crippen LogP contribution in [-0.2, 0) is 16.1 Å². The van der Waals surface area contributed by atoms with Crippen LogP contribution in [0.3, 0.4) is 0 Å². The minimum absolute atomic E-state index is 0.00930. The lowest BCUT2D eigenvalue weighted by atomic mass is 10.1. The molecule has 0 spiro atoms. The zero-order chi connectivity index (χ0) is 17.8. The molecule has 1 aliphatic rings. The number of hydrogen-bond acceptors (Lipinski definition) is 5. The predicted octanol–water partition coefficient (Wildman–Crippen LogP) is 0.548. The van der Waals surface area contributed by atoms with Crippen molar-refractivity contribution in [3.05, 3.63) is 47.8 Å². The number of nitrogens with one attached hydrogen (secondary N) is 1. The van der Waals surface area contributed by atoms with Crippen LogP contribution in [0.25, 0.3) is 0 Å². The van der Waals surface area contributed by atoms with E-state index < -0.39 is 0 Å². The van der Waals surface area contributed by atoms with Crippen molar-refractivity contribution in [2.24, 2.45) is 0 Å². The molecule has 1 aromatic heterocycles. The van der Waals surface area contributed by atoms with Crippen molar-refractivity contribution >= 4 is 11.8 Å². The molecule has 1 aliphatic heterocycles. The first-order chi connectivity index (χ1) is 12.1. The summed E-state index contributed by atoms with van der Waals surface area (Å²) in [5, 5.41) is 16.7. The van der Waals surface area contributed by atoms with Gasteiger partial charge in [-0.25, -0.2) is 0 Å². The maximum atomic E-state index is 12.7. The van der Waals surface area contributed by atoms with Gasteiger partial charge in [-0.3, -0.25) is 14.3 Å². The second-order valence-corrected chi connectivity index (χ2v) is 5.89. The highest BCUT2D eigenvalue weighted by Crippen LogP contribution is 2.22.